The minimum atomic E-state index is 0. The average Bonchev–Trinajstić information content (AvgIpc) is 3.28. The van der Waals surface area contributed by atoms with Crippen molar-refractivity contribution in [2.24, 2.45) is 0 Å². The van der Waals surface area contributed by atoms with Gasteiger partial charge in [0.15, 0.2) is 0 Å². The van der Waals surface area contributed by atoms with Crippen LogP contribution in [0.15, 0.2) is 140 Å². The topological polar surface area (TPSA) is 123 Å². The summed E-state index contributed by atoms with van der Waals surface area (Å²) >= 11 is 0. The standard InChI is InChI=1S/C23H29N6.2C12H8N2.Cu.Ru/c1-5-19-17-20(21-6-2-11-28-23(21)22(19)27-10-1)18-29-15-4-9-25-13-12-24-7-3-8-26-14-16-29;2*1-3-9-5-6-10-4-2-8-14-12(10)11(9)13-7-1;;/h1-2,5-6,10-11,17H,3-4,7-9,12-16,18H2;2*1-8H;;/q-3;;;2*+2. The van der Waals surface area contributed by atoms with Gasteiger partial charge in [0.1, 0.15) is 0 Å². The van der Waals surface area contributed by atoms with Crippen LogP contribution in [-0.2, 0) is 43.1 Å². The Bertz CT molecular complexity index is 2480. The van der Waals surface area contributed by atoms with Crippen LogP contribution in [-0.4, -0.2) is 87.2 Å². The van der Waals surface area contributed by atoms with Crippen LogP contribution in [0.2, 0.25) is 0 Å². The van der Waals surface area contributed by atoms with E-state index in [-0.39, 0.29) is 36.5 Å². The van der Waals surface area contributed by atoms with Crippen molar-refractivity contribution in [2.75, 3.05) is 52.4 Å². The van der Waals surface area contributed by atoms with Gasteiger partial charge >= 0.3 is 36.5 Å². The normalized spacial score (nSPS) is 14.3. The third-order valence-electron chi connectivity index (χ3n) is 10.0. The number of pyridine rings is 6. The molecule has 12 heteroatoms. The SMILES string of the molecule is [Cu+2].[Ru+2].c1cnc2c(c1)cc(CN1CCC[N-]CC[N-]CCC[N-]CC1)c1cccnc12.c1cnc2c(c1)ccc1cccnc12.c1cnc2c(c1)ccc1cccnc12. The Morgan fingerprint density at radius 2 is 0.797 bits per heavy atom. The molecule has 1 fully saturated rings. The number of aromatic nitrogens is 6. The summed E-state index contributed by atoms with van der Waals surface area (Å²) in [4.78, 5) is 29.1. The van der Waals surface area contributed by atoms with Crippen LogP contribution in [0.3, 0.4) is 0 Å². The summed E-state index contributed by atoms with van der Waals surface area (Å²) in [5.41, 5.74) is 7.19. The van der Waals surface area contributed by atoms with Crippen LogP contribution in [0, 0.1) is 0 Å². The molecule has 7 heterocycles. The Morgan fingerprint density at radius 3 is 1.29 bits per heavy atom. The molecule has 1 aliphatic rings. The first-order chi connectivity index (χ1) is 28.3. The van der Waals surface area contributed by atoms with Crippen molar-refractivity contribution in [1.82, 2.24) is 34.8 Å². The number of nitrogens with zero attached hydrogens (tertiary/aromatic N) is 10. The molecule has 0 spiro atoms. The zero-order valence-corrected chi connectivity index (χ0v) is 35.4. The van der Waals surface area contributed by atoms with Gasteiger partial charge in [-0.1, -0.05) is 73.5 Å². The molecule has 1 radical (unpaired) electrons. The second kappa shape index (κ2) is 22.5. The summed E-state index contributed by atoms with van der Waals surface area (Å²) in [6.07, 6.45) is 13.0. The molecule has 0 unspecified atom stereocenters. The molecule has 0 saturated carbocycles. The van der Waals surface area contributed by atoms with Crippen LogP contribution >= 0.6 is 0 Å². The molecule has 1 aliphatic heterocycles. The van der Waals surface area contributed by atoms with E-state index in [1.807, 2.05) is 48.8 Å². The smallest absolute Gasteiger partial charge is 0.664 e. The summed E-state index contributed by atoms with van der Waals surface area (Å²) in [5.74, 6) is 0. The summed E-state index contributed by atoms with van der Waals surface area (Å²) in [6.45, 7) is 8.22. The van der Waals surface area contributed by atoms with Crippen LogP contribution in [0.4, 0.5) is 0 Å². The average molecular weight is 915 g/mol. The van der Waals surface area contributed by atoms with Crippen LogP contribution in [0.1, 0.15) is 18.4 Å². The second-order valence-electron chi connectivity index (χ2n) is 13.9. The van der Waals surface area contributed by atoms with Gasteiger partial charge in [-0.15, -0.1) is 13.1 Å². The summed E-state index contributed by atoms with van der Waals surface area (Å²) < 4.78 is 0. The molecule has 0 amide bonds. The number of rotatable bonds is 2. The van der Waals surface area contributed by atoms with E-state index >= 15 is 0 Å². The Morgan fingerprint density at radius 1 is 0.407 bits per heavy atom. The molecule has 0 N–H and O–H groups in total. The van der Waals surface area contributed by atoms with Crippen LogP contribution < -0.4 is 0 Å². The van der Waals surface area contributed by atoms with E-state index in [1.54, 1.807) is 24.8 Å². The van der Waals surface area contributed by atoms with Crippen molar-refractivity contribution in [1.29, 1.82) is 0 Å². The van der Waals surface area contributed by atoms with Gasteiger partial charge in [-0.25, -0.2) is 0 Å². The van der Waals surface area contributed by atoms with Gasteiger partial charge in [0, 0.05) is 76.0 Å². The van der Waals surface area contributed by atoms with Gasteiger partial charge < -0.3 is 20.9 Å². The maximum atomic E-state index is 4.72. The monoisotopic (exact) mass is 914 g/mol. The molecule has 59 heavy (non-hydrogen) atoms. The Kier molecular flexibility index (Phi) is 16.6. The first-order valence-corrected chi connectivity index (χ1v) is 19.7. The minimum Gasteiger partial charge on any atom is -0.664 e. The van der Waals surface area contributed by atoms with Crippen molar-refractivity contribution in [3.63, 3.8) is 0 Å². The Hall–Kier alpha value is -4.90. The quantitative estimate of drug-likeness (QED) is 0.125. The van der Waals surface area contributed by atoms with Gasteiger partial charge in [0.05, 0.1) is 33.1 Å². The summed E-state index contributed by atoms with van der Waals surface area (Å²) in [6, 6.07) is 34.9. The molecule has 10 rings (SSSR count). The van der Waals surface area contributed by atoms with Gasteiger partial charge in [0.2, 0.25) is 0 Å². The van der Waals surface area contributed by atoms with E-state index in [4.69, 9.17) is 5.32 Å². The number of hydrogen-bond donors (Lipinski definition) is 0. The van der Waals surface area contributed by atoms with E-state index < -0.39 is 0 Å². The zero-order valence-electron chi connectivity index (χ0n) is 32.7. The molecule has 301 valence electrons. The molecular formula is C47H45CuN10Ru+. The molecule has 0 aliphatic carbocycles. The van der Waals surface area contributed by atoms with E-state index in [1.165, 1.54) is 10.9 Å². The van der Waals surface area contributed by atoms with Crippen molar-refractivity contribution < 1.29 is 36.5 Å². The van der Waals surface area contributed by atoms with E-state index in [2.05, 4.69) is 112 Å². The minimum absolute atomic E-state index is 0. The van der Waals surface area contributed by atoms with Crippen molar-refractivity contribution in [3.8, 4) is 0 Å². The number of hydrogen-bond acceptors (Lipinski definition) is 7. The Labute approximate surface area is 368 Å². The van der Waals surface area contributed by atoms with Crippen LogP contribution in [0.5, 0.6) is 0 Å². The molecule has 10 nitrogen and oxygen atoms in total. The first kappa shape index (κ1) is 43.7. The summed E-state index contributed by atoms with van der Waals surface area (Å²) in [7, 11) is 0. The maximum Gasteiger partial charge on any atom is 2.00 e. The molecule has 1 saturated heterocycles. The third-order valence-corrected chi connectivity index (χ3v) is 10.0. The zero-order chi connectivity index (χ0) is 38.5. The molecule has 3 aromatic carbocycles. The molecule has 6 aromatic heterocycles. The van der Waals surface area contributed by atoms with Crippen molar-refractivity contribution in [2.45, 2.75) is 19.4 Å². The van der Waals surface area contributed by atoms with Crippen molar-refractivity contribution in [3.05, 3.63) is 162 Å². The van der Waals surface area contributed by atoms with E-state index in [0.29, 0.717) is 0 Å². The van der Waals surface area contributed by atoms with E-state index in [0.717, 1.165) is 132 Å². The fourth-order valence-electron chi connectivity index (χ4n) is 7.24. The van der Waals surface area contributed by atoms with Gasteiger partial charge in [-0.05, 0) is 61.1 Å². The molecule has 0 atom stereocenters. The Balaban J connectivity index is 0.000000163. The fraction of sp³-hybridized carbons (Fsp3) is 0.234. The summed E-state index contributed by atoms with van der Waals surface area (Å²) in [5, 5.41) is 20.8. The molecule has 9 aromatic rings. The van der Waals surface area contributed by atoms with Gasteiger partial charge in [-0.2, -0.15) is 26.2 Å². The fourth-order valence-corrected chi connectivity index (χ4v) is 7.24. The predicted molar refractivity (Wildman–Crippen MR) is 235 cm³/mol. The van der Waals surface area contributed by atoms with Crippen molar-refractivity contribution >= 4 is 65.4 Å². The first-order valence-electron chi connectivity index (χ1n) is 19.7. The van der Waals surface area contributed by atoms with Crippen LogP contribution in [0.25, 0.3) is 81.4 Å². The number of benzene rings is 3. The molecule has 0 bridgehead atoms. The third kappa shape index (κ3) is 11.2. The molecular weight excluding hydrogens is 869 g/mol. The van der Waals surface area contributed by atoms with Gasteiger partial charge in [-0.3, -0.25) is 29.9 Å². The largest absolute Gasteiger partial charge is 2.00 e. The predicted octanol–water partition coefficient (Wildman–Crippen LogP) is 10.1. The maximum absolute atomic E-state index is 4.72. The second-order valence-corrected chi connectivity index (χ2v) is 13.9. The van der Waals surface area contributed by atoms with E-state index in [9.17, 15) is 0 Å². The van der Waals surface area contributed by atoms with Gasteiger partial charge in [0.25, 0.3) is 0 Å². The number of fused-ring (bicyclic) bond motifs is 9.